The zero-order valence-electron chi connectivity index (χ0n) is 16.2. The van der Waals surface area contributed by atoms with Crippen LogP contribution in [-0.4, -0.2) is 29.7 Å². The Morgan fingerprint density at radius 2 is 1.86 bits per heavy atom. The molecule has 0 spiro atoms. The number of rotatable bonds is 8. The van der Waals surface area contributed by atoms with Crippen molar-refractivity contribution in [1.82, 2.24) is 15.6 Å². The Labute approximate surface area is 168 Å². The minimum Gasteiger partial charge on any atom is -0.342 e. The van der Waals surface area contributed by atoms with Crippen LogP contribution >= 0.6 is 0 Å². The van der Waals surface area contributed by atoms with Gasteiger partial charge >= 0.3 is 6.18 Å². The molecular formula is C21H23F3N4O. The summed E-state index contributed by atoms with van der Waals surface area (Å²) in [6.45, 7) is 3.38. The summed E-state index contributed by atoms with van der Waals surface area (Å²) >= 11 is 0. The Bertz CT molecular complexity index is 830. The first-order valence-electron chi connectivity index (χ1n) is 9.20. The number of pyridine rings is 1. The van der Waals surface area contributed by atoms with Crippen molar-refractivity contribution in [3.8, 4) is 17.2 Å². The fourth-order valence-corrected chi connectivity index (χ4v) is 2.95. The Morgan fingerprint density at radius 3 is 2.38 bits per heavy atom. The number of carbonyl (C=O) groups is 1. The van der Waals surface area contributed by atoms with Crippen molar-refractivity contribution < 1.29 is 18.0 Å². The van der Waals surface area contributed by atoms with E-state index >= 15 is 0 Å². The molecule has 5 nitrogen and oxygen atoms in total. The molecule has 1 amide bonds. The van der Waals surface area contributed by atoms with Crippen molar-refractivity contribution in [2.24, 2.45) is 5.92 Å². The van der Waals surface area contributed by atoms with Gasteiger partial charge in [-0.15, -0.1) is 0 Å². The minimum absolute atomic E-state index is 0.00646. The summed E-state index contributed by atoms with van der Waals surface area (Å²) in [7, 11) is 0. The number of alkyl halides is 3. The van der Waals surface area contributed by atoms with E-state index in [1.807, 2.05) is 19.9 Å². The van der Waals surface area contributed by atoms with E-state index in [9.17, 15) is 18.0 Å². The van der Waals surface area contributed by atoms with E-state index in [1.165, 1.54) is 12.1 Å². The number of nitrogens with one attached hydrogen (secondary N) is 2. The van der Waals surface area contributed by atoms with Crippen LogP contribution < -0.4 is 10.6 Å². The Kier molecular flexibility index (Phi) is 7.74. The third-order valence-electron chi connectivity index (χ3n) is 4.30. The Morgan fingerprint density at radius 1 is 1.17 bits per heavy atom. The molecule has 0 radical (unpaired) electrons. The predicted octanol–water partition coefficient (Wildman–Crippen LogP) is 4.00. The summed E-state index contributed by atoms with van der Waals surface area (Å²) in [5, 5.41) is 13.4. The van der Waals surface area contributed by atoms with Gasteiger partial charge in [-0.3, -0.25) is 15.1 Å². The third-order valence-corrected chi connectivity index (χ3v) is 4.30. The monoisotopic (exact) mass is 404 g/mol. The van der Waals surface area contributed by atoms with Gasteiger partial charge in [-0.2, -0.15) is 18.4 Å². The topological polar surface area (TPSA) is 77.8 Å². The molecule has 1 aromatic carbocycles. The van der Waals surface area contributed by atoms with Gasteiger partial charge in [-0.25, -0.2) is 0 Å². The highest BCUT2D eigenvalue weighted by molar-refractivity contribution is 5.82. The molecular weight excluding hydrogens is 381 g/mol. The van der Waals surface area contributed by atoms with E-state index in [4.69, 9.17) is 5.26 Å². The zero-order valence-corrected chi connectivity index (χ0v) is 16.2. The van der Waals surface area contributed by atoms with Gasteiger partial charge in [0.2, 0.25) is 5.91 Å². The molecule has 0 bridgehead atoms. The van der Waals surface area contributed by atoms with Gasteiger partial charge in [0, 0.05) is 12.4 Å². The van der Waals surface area contributed by atoms with Gasteiger partial charge in [0.1, 0.15) is 12.6 Å². The summed E-state index contributed by atoms with van der Waals surface area (Å²) < 4.78 is 41.4. The summed E-state index contributed by atoms with van der Waals surface area (Å²) in [6.07, 6.45) is -1.14. The molecule has 0 saturated heterocycles. The van der Waals surface area contributed by atoms with E-state index in [2.05, 4.69) is 15.6 Å². The molecule has 2 N–H and O–H groups in total. The average Bonchev–Trinajstić information content (AvgIpc) is 2.69. The maximum absolute atomic E-state index is 13.8. The molecule has 0 aliphatic carbocycles. The second-order valence-corrected chi connectivity index (χ2v) is 7.06. The van der Waals surface area contributed by atoms with E-state index in [0.717, 1.165) is 11.1 Å². The first kappa shape index (κ1) is 22.4. The van der Waals surface area contributed by atoms with Crippen LogP contribution in [0.2, 0.25) is 0 Å². The quantitative estimate of drug-likeness (QED) is 0.652. The predicted molar refractivity (Wildman–Crippen MR) is 103 cm³/mol. The number of amides is 1. The number of carbonyl (C=O) groups excluding carboxylic acids is 1. The van der Waals surface area contributed by atoms with E-state index in [-0.39, 0.29) is 24.4 Å². The molecule has 0 fully saturated rings. The number of hydrogen-bond acceptors (Lipinski definition) is 4. The van der Waals surface area contributed by atoms with E-state index in [1.54, 1.807) is 36.7 Å². The smallest absolute Gasteiger partial charge is 0.342 e. The van der Waals surface area contributed by atoms with Crippen LogP contribution in [0.5, 0.6) is 0 Å². The van der Waals surface area contributed by atoms with Crippen molar-refractivity contribution in [3.63, 3.8) is 0 Å². The standard InChI is InChI=1S/C21H23F3N4O/c1-14(2)12-18(20(29)27-11-9-25)28-19(21(22,23)24)16-7-5-15(6-8-16)17-4-3-10-26-13-17/h3-8,10,13-14,18-19,28H,11-12H2,1-2H3,(H,27,29)/t18-,19+/m0/s1. The van der Waals surface area contributed by atoms with Crippen LogP contribution in [-0.2, 0) is 4.79 Å². The number of aromatic nitrogens is 1. The van der Waals surface area contributed by atoms with Crippen LogP contribution in [0.1, 0.15) is 31.9 Å². The molecule has 0 saturated carbocycles. The number of halogens is 3. The van der Waals surface area contributed by atoms with E-state index < -0.39 is 24.2 Å². The first-order chi connectivity index (χ1) is 13.7. The maximum atomic E-state index is 13.8. The van der Waals surface area contributed by atoms with Crippen LogP contribution in [0.25, 0.3) is 11.1 Å². The highest BCUT2D eigenvalue weighted by Crippen LogP contribution is 2.34. The van der Waals surface area contributed by atoms with Crippen molar-refractivity contribution in [2.45, 2.75) is 38.5 Å². The number of nitrogens with zero attached hydrogens (tertiary/aromatic N) is 2. The van der Waals surface area contributed by atoms with Crippen molar-refractivity contribution >= 4 is 5.91 Å². The van der Waals surface area contributed by atoms with Gasteiger partial charge < -0.3 is 5.32 Å². The summed E-state index contributed by atoms with van der Waals surface area (Å²) in [4.78, 5) is 16.3. The van der Waals surface area contributed by atoms with Gasteiger partial charge in [-0.1, -0.05) is 44.2 Å². The van der Waals surface area contributed by atoms with Crippen molar-refractivity contribution in [3.05, 3.63) is 54.4 Å². The number of benzene rings is 1. The highest BCUT2D eigenvalue weighted by Gasteiger charge is 2.42. The lowest BCUT2D eigenvalue weighted by Crippen LogP contribution is -2.49. The fraction of sp³-hybridized carbons (Fsp3) is 0.381. The lowest BCUT2D eigenvalue weighted by atomic mass is 9.98. The lowest BCUT2D eigenvalue weighted by Gasteiger charge is -2.28. The average molecular weight is 404 g/mol. The van der Waals surface area contributed by atoms with Crippen LogP contribution in [0.3, 0.4) is 0 Å². The molecule has 2 atom stereocenters. The molecule has 2 aromatic rings. The largest absolute Gasteiger partial charge is 0.407 e. The second kappa shape index (κ2) is 10.0. The van der Waals surface area contributed by atoms with E-state index in [0.29, 0.717) is 0 Å². The number of hydrogen-bond donors (Lipinski definition) is 2. The molecule has 8 heteroatoms. The van der Waals surface area contributed by atoms with Crippen molar-refractivity contribution in [2.75, 3.05) is 6.54 Å². The number of nitriles is 1. The molecule has 0 aliphatic rings. The highest BCUT2D eigenvalue weighted by atomic mass is 19.4. The zero-order chi connectivity index (χ0) is 21.4. The van der Waals surface area contributed by atoms with Crippen LogP contribution in [0, 0.1) is 17.2 Å². The van der Waals surface area contributed by atoms with Gasteiger partial charge in [0.25, 0.3) is 0 Å². The molecule has 1 aromatic heterocycles. The Hall–Kier alpha value is -2.92. The summed E-state index contributed by atoms with van der Waals surface area (Å²) in [5.41, 5.74) is 1.55. The van der Waals surface area contributed by atoms with Gasteiger partial charge in [-0.05, 0) is 35.1 Å². The normalized spacial score (nSPS) is 13.6. The molecule has 0 aliphatic heterocycles. The summed E-state index contributed by atoms with van der Waals surface area (Å²) in [6, 6.07) is 8.22. The maximum Gasteiger partial charge on any atom is 0.407 e. The fourth-order valence-electron chi connectivity index (χ4n) is 2.95. The van der Waals surface area contributed by atoms with Gasteiger partial charge in [0.15, 0.2) is 0 Å². The molecule has 29 heavy (non-hydrogen) atoms. The molecule has 0 unspecified atom stereocenters. The second-order valence-electron chi connectivity index (χ2n) is 7.06. The summed E-state index contributed by atoms with van der Waals surface area (Å²) in [5.74, 6) is -0.636. The van der Waals surface area contributed by atoms with Crippen molar-refractivity contribution in [1.29, 1.82) is 5.26 Å². The molecule has 1 heterocycles. The van der Waals surface area contributed by atoms with Gasteiger partial charge in [0.05, 0.1) is 12.1 Å². The SMILES string of the molecule is CC(C)C[C@H](N[C@H](c1ccc(-c2cccnc2)cc1)C(F)(F)F)C(=O)NCC#N. The first-order valence-corrected chi connectivity index (χ1v) is 9.20. The molecule has 2 rings (SSSR count). The minimum atomic E-state index is -4.60. The molecule has 154 valence electrons. The third kappa shape index (κ3) is 6.57. The Balaban J connectivity index is 2.28. The van der Waals surface area contributed by atoms with Crippen LogP contribution in [0.4, 0.5) is 13.2 Å². The van der Waals surface area contributed by atoms with Crippen LogP contribution in [0.15, 0.2) is 48.8 Å². The lowest BCUT2D eigenvalue weighted by molar-refractivity contribution is -0.161.